The molecule has 0 aliphatic rings. The smallest absolute Gasteiger partial charge is 0.747 e. The van der Waals surface area contributed by atoms with E-state index in [4.69, 9.17) is 18.5 Å². The van der Waals surface area contributed by atoms with Gasteiger partial charge in [-0.2, -0.15) is 0 Å². The van der Waals surface area contributed by atoms with Crippen LogP contribution in [0.3, 0.4) is 0 Å². The minimum Gasteiger partial charge on any atom is -0.747 e. The van der Waals surface area contributed by atoms with E-state index in [0.717, 1.165) is 96.3 Å². The molecule has 0 amide bonds. The van der Waals surface area contributed by atoms with Gasteiger partial charge in [-0.1, -0.05) is 126 Å². The molecular weight excluding hydrogens is 682 g/mol. The molecule has 0 aromatic heterocycles. The van der Waals surface area contributed by atoms with Gasteiger partial charge in [0, 0.05) is 0 Å². The van der Waals surface area contributed by atoms with Crippen LogP contribution in [0.5, 0.6) is 0 Å². The summed E-state index contributed by atoms with van der Waals surface area (Å²) >= 11 is 0. The second kappa shape index (κ2) is 32.6. The van der Waals surface area contributed by atoms with E-state index in [-0.39, 0.29) is 54.6 Å². The van der Waals surface area contributed by atoms with E-state index in [0.29, 0.717) is 25.0 Å². The van der Waals surface area contributed by atoms with Crippen LogP contribution in [-0.4, -0.2) is 61.5 Å². The summed E-state index contributed by atoms with van der Waals surface area (Å²) in [4.78, 5) is 33.8. The summed E-state index contributed by atoms with van der Waals surface area (Å²) in [5.74, 6) is -1.07. The van der Waals surface area contributed by atoms with Crippen molar-refractivity contribution in [2.75, 3.05) is 26.4 Å². The molecule has 5 unspecified atom stereocenters. The molecule has 1 N–H and O–H groups in total. The molecule has 14 heteroatoms. The largest absolute Gasteiger partial charge is 1.00 e. The molecule has 5 atom stereocenters. The molecule has 11 nitrogen and oxygen atoms in total. The summed E-state index contributed by atoms with van der Waals surface area (Å²) in [6, 6.07) is 0. The normalized spacial score (nSPS) is 15.7. The zero-order valence-electron chi connectivity index (χ0n) is 32.4. The zero-order valence-corrected chi connectivity index (χ0v) is 36.1. The Morgan fingerprint density at radius 2 is 1.00 bits per heavy atom. The number of ether oxygens (including phenoxy) is 2. The summed E-state index contributed by atoms with van der Waals surface area (Å²) < 4.78 is 66.6. The number of carbonyl (C=O) groups is 2. The van der Waals surface area contributed by atoms with Crippen molar-refractivity contribution in [3.8, 4) is 0 Å². The molecule has 0 aromatic carbocycles. The molecule has 0 aliphatic carbocycles. The van der Waals surface area contributed by atoms with Crippen LogP contribution in [0, 0.1) is 23.7 Å². The Balaban J connectivity index is -0.000000872. The maximum atomic E-state index is 12.1. The third kappa shape index (κ3) is 29.1. The first-order valence-electron chi connectivity index (χ1n) is 18.6. The zero-order chi connectivity index (χ0) is 37.0. The van der Waals surface area contributed by atoms with Crippen LogP contribution in [-0.2, 0) is 42.8 Å². The maximum Gasteiger partial charge on any atom is 1.00 e. The van der Waals surface area contributed by atoms with Gasteiger partial charge < -0.3 is 18.9 Å². The fraction of sp³-hybridized carbons (Fsp3) is 0.943. The van der Waals surface area contributed by atoms with E-state index >= 15 is 0 Å². The fourth-order valence-corrected chi connectivity index (χ4v) is 6.48. The topological polar surface area (TPSA) is 166 Å². The van der Waals surface area contributed by atoms with Crippen molar-refractivity contribution >= 4 is 29.9 Å². The average Bonchev–Trinajstić information content (AvgIpc) is 3.05. The molecule has 49 heavy (non-hydrogen) atoms. The van der Waals surface area contributed by atoms with Crippen molar-refractivity contribution in [2.24, 2.45) is 23.7 Å². The minimum absolute atomic E-state index is 0. The summed E-state index contributed by atoms with van der Waals surface area (Å²) in [7, 11) is -8.90. The van der Waals surface area contributed by atoms with Crippen LogP contribution in [0.25, 0.3) is 0 Å². The molecule has 0 saturated carbocycles. The van der Waals surface area contributed by atoms with Crippen molar-refractivity contribution in [2.45, 2.75) is 163 Å². The van der Waals surface area contributed by atoms with Gasteiger partial charge in [-0.25, -0.2) is 13.0 Å². The van der Waals surface area contributed by atoms with E-state index in [9.17, 15) is 32.0 Å². The van der Waals surface area contributed by atoms with Crippen molar-refractivity contribution in [3.05, 3.63) is 0 Å². The van der Waals surface area contributed by atoms with Crippen molar-refractivity contribution < 1.29 is 80.1 Å². The van der Waals surface area contributed by atoms with Gasteiger partial charge in [0.2, 0.25) is 0 Å². The van der Waals surface area contributed by atoms with Crippen molar-refractivity contribution in [3.63, 3.8) is 0 Å². The van der Waals surface area contributed by atoms with E-state index < -0.39 is 41.6 Å². The molecule has 0 aromatic rings. The third-order valence-corrected chi connectivity index (χ3v) is 10.8. The first-order valence-corrected chi connectivity index (χ1v) is 21.5. The number of phosphoric acid groups is 1. The molecule has 288 valence electrons. The van der Waals surface area contributed by atoms with Gasteiger partial charge in [-0.3, -0.25) is 18.6 Å². The molecule has 0 rings (SSSR count). The van der Waals surface area contributed by atoms with Gasteiger partial charge in [0.15, 0.2) is 5.25 Å². The van der Waals surface area contributed by atoms with Crippen molar-refractivity contribution in [1.29, 1.82) is 0 Å². The number of phosphoric ester groups is 1. The van der Waals surface area contributed by atoms with Crippen LogP contribution >= 0.6 is 7.82 Å². The molecule has 0 spiro atoms. The monoisotopic (exact) mass is 752 g/mol. The third-order valence-electron chi connectivity index (χ3n) is 8.76. The summed E-state index contributed by atoms with van der Waals surface area (Å²) in [5.41, 5.74) is 0. The van der Waals surface area contributed by atoms with E-state index in [2.05, 4.69) is 34.6 Å². The molecule has 0 radical (unpaired) electrons. The second-order valence-corrected chi connectivity index (χ2v) is 15.9. The molecule has 0 aliphatic heterocycles. The number of carbonyl (C=O) groups excluding carboxylic acids is 2. The fourth-order valence-electron chi connectivity index (χ4n) is 4.96. The van der Waals surface area contributed by atoms with E-state index in [1.54, 1.807) is 0 Å². The standard InChI is InChI=1S/C19H36O7S.C16H35O4P.Na/c1-5-9-11-16(8-4)13-25-18(20)12-17(27(22,23)24)19(21)26-14-15(7-3)10-6-2;1-5-9-11-15(7-3)13-19-21(17,18)20-14-16(8-4)12-10-6-2;/h15-17H,5-14H2,1-4H3,(H,22,23,24);15-16H,5-14H2,1-4H3,(H,17,18);/q;;+1/p-1. The number of hydrogen-bond donors (Lipinski definition) is 1. The summed E-state index contributed by atoms with van der Waals surface area (Å²) in [6.45, 7) is 17.3. The number of esters is 2. The quantitative estimate of drug-likeness (QED) is 0.0414. The summed E-state index contributed by atoms with van der Waals surface area (Å²) in [5, 5.41) is -2.06. The number of unbranched alkanes of at least 4 members (excludes halogenated alkanes) is 3. The first kappa shape index (κ1) is 53.3. The van der Waals surface area contributed by atoms with E-state index in [1.807, 2.05) is 20.8 Å². The van der Waals surface area contributed by atoms with Crippen LogP contribution in [0.15, 0.2) is 0 Å². The average molecular weight is 753 g/mol. The predicted octanol–water partition coefficient (Wildman–Crippen LogP) is 5.98. The van der Waals surface area contributed by atoms with Crippen LogP contribution in [0.2, 0.25) is 0 Å². The number of hydrogen-bond acceptors (Lipinski definition) is 10. The molecule has 0 fully saturated rings. The minimum atomic E-state index is -5.01. The SMILES string of the molecule is CCCCC(CC)COC(=O)CC(C(=O)OCC(CC)CCC)S(=O)(=O)[O-].CCCCC(CC)COP(=O)(O)OCC(CC)CCCC.[Na+]. The van der Waals surface area contributed by atoms with Crippen LogP contribution in [0.1, 0.15) is 158 Å². The Hall–Kier alpha value is -0.0400. The maximum absolute atomic E-state index is 12.1. The molecule has 0 bridgehead atoms. The Bertz CT molecular complexity index is 943. The van der Waals surface area contributed by atoms with Crippen LogP contribution < -0.4 is 29.6 Å². The van der Waals surface area contributed by atoms with Gasteiger partial charge in [-0.05, 0) is 49.4 Å². The Labute approximate surface area is 321 Å². The second-order valence-electron chi connectivity index (χ2n) is 12.9. The Morgan fingerprint density at radius 3 is 1.35 bits per heavy atom. The Morgan fingerprint density at radius 1 is 0.633 bits per heavy atom. The molecular formula is C35H70NaO11PS. The van der Waals surface area contributed by atoms with Gasteiger partial charge in [0.25, 0.3) is 0 Å². The van der Waals surface area contributed by atoms with Crippen molar-refractivity contribution in [1.82, 2.24) is 0 Å². The van der Waals surface area contributed by atoms with E-state index in [1.165, 1.54) is 0 Å². The van der Waals surface area contributed by atoms with Gasteiger partial charge in [0.1, 0.15) is 10.1 Å². The molecule has 0 saturated heterocycles. The van der Waals surface area contributed by atoms with Gasteiger partial charge in [0.05, 0.1) is 32.8 Å². The molecule has 0 heterocycles. The summed E-state index contributed by atoms with van der Waals surface area (Å²) in [6.07, 6.45) is 14.0. The Kier molecular flexibility index (Phi) is 35.5. The predicted molar refractivity (Wildman–Crippen MR) is 190 cm³/mol. The van der Waals surface area contributed by atoms with Crippen LogP contribution in [0.4, 0.5) is 0 Å². The van der Waals surface area contributed by atoms with Gasteiger partial charge in [-0.15, -0.1) is 0 Å². The number of rotatable bonds is 29. The van der Waals surface area contributed by atoms with Gasteiger partial charge >= 0.3 is 49.3 Å². The first-order chi connectivity index (χ1) is 22.7.